The van der Waals surface area contributed by atoms with Gasteiger partial charge < -0.3 is 26.2 Å². The number of aliphatic hydroxyl groups is 2. The topological polar surface area (TPSA) is 93.6 Å². The van der Waals surface area contributed by atoms with Crippen LogP contribution in [0.2, 0.25) is 0 Å². The Labute approximate surface area is 226 Å². The Morgan fingerprint density at radius 3 is 1.92 bits per heavy atom. The summed E-state index contributed by atoms with van der Waals surface area (Å²) in [5, 5.41) is 31.2. The second kappa shape index (κ2) is 13.6. The Bertz CT molecular complexity index is 1060. The molecule has 0 saturated heterocycles. The van der Waals surface area contributed by atoms with Gasteiger partial charge in [-0.15, -0.1) is 0 Å². The first-order chi connectivity index (χ1) is 18.5. The third kappa shape index (κ3) is 7.01. The molecule has 202 valence electrons. The van der Waals surface area contributed by atoms with Gasteiger partial charge in [-0.25, -0.2) is 4.79 Å². The molecule has 2 atom stereocenters. The molecule has 38 heavy (non-hydrogen) atoms. The van der Waals surface area contributed by atoms with Crippen LogP contribution in [0.3, 0.4) is 0 Å². The second-order valence-electron chi connectivity index (χ2n) is 10.4. The fraction of sp³-hybridized carbons (Fsp3) is 0.406. The number of amides is 2. The molecule has 5 N–H and O–H groups in total. The fourth-order valence-corrected chi connectivity index (χ4v) is 5.61. The first-order valence-electron chi connectivity index (χ1n) is 13.8. The van der Waals surface area contributed by atoms with Crippen LogP contribution in [0.25, 0.3) is 0 Å². The molecule has 0 radical (unpaired) electrons. The van der Waals surface area contributed by atoms with E-state index in [-0.39, 0.29) is 24.7 Å². The zero-order chi connectivity index (χ0) is 26.8. The van der Waals surface area contributed by atoms with E-state index in [0.717, 1.165) is 55.3 Å². The predicted octanol–water partition coefficient (Wildman–Crippen LogP) is 4.88. The molecule has 0 unspecified atom stereocenters. The van der Waals surface area contributed by atoms with Crippen LogP contribution in [-0.2, 0) is 5.60 Å². The molecule has 4 rings (SSSR count). The zero-order valence-corrected chi connectivity index (χ0v) is 22.2. The lowest BCUT2D eigenvalue weighted by Crippen LogP contribution is -2.54. The minimum atomic E-state index is -1.35. The molecule has 0 aliphatic heterocycles. The van der Waals surface area contributed by atoms with Crippen LogP contribution in [0.15, 0.2) is 91.0 Å². The zero-order valence-electron chi connectivity index (χ0n) is 22.2. The van der Waals surface area contributed by atoms with E-state index in [1.165, 1.54) is 0 Å². The van der Waals surface area contributed by atoms with E-state index in [9.17, 15) is 15.0 Å². The van der Waals surface area contributed by atoms with Crippen LogP contribution in [0.1, 0.15) is 61.8 Å². The molecule has 6 heteroatoms. The Morgan fingerprint density at radius 2 is 1.39 bits per heavy atom. The molecule has 1 saturated carbocycles. The third-order valence-corrected chi connectivity index (χ3v) is 7.91. The molecule has 1 fully saturated rings. The Kier molecular flexibility index (Phi) is 9.93. The summed E-state index contributed by atoms with van der Waals surface area (Å²) in [5.74, 6) is 0.610. The number of carbonyl (C=O) groups excluding carboxylic acids is 1. The monoisotopic (exact) mass is 515 g/mol. The highest BCUT2D eigenvalue weighted by Crippen LogP contribution is 2.33. The van der Waals surface area contributed by atoms with Gasteiger partial charge in [-0.1, -0.05) is 91.0 Å². The summed E-state index contributed by atoms with van der Waals surface area (Å²) in [5.41, 5.74) is 1.23. The van der Waals surface area contributed by atoms with Crippen molar-refractivity contribution in [1.29, 1.82) is 0 Å². The lowest BCUT2D eigenvalue weighted by atomic mass is 9.81. The van der Waals surface area contributed by atoms with Crippen molar-refractivity contribution in [2.75, 3.05) is 13.2 Å². The highest BCUT2D eigenvalue weighted by atomic mass is 16.3. The fourth-order valence-electron chi connectivity index (χ4n) is 5.61. The number of urea groups is 1. The van der Waals surface area contributed by atoms with Gasteiger partial charge in [0.15, 0.2) is 0 Å². The standard InChI is InChI=1S/C32H41N3O3/c1-24(32(38,27-13-7-3-8-14-27)28-15-9-4-10-16-28)34-31(37)35-29-19-17-25(18-20-29)21-22-33-30(23-36)26-11-5-2-6-12-26/h2-16,24-25,29-30,33,36,38H,17-23H2,1H3,(H2,34,35,37)/t24-,25-,29-,30+/m1/s1. The van der Waals surface area contributed by atoms with Crippen molar-refractivity contribution < 1.29 is 15.0 Å². The number of nitrogens with one attached hydrogen (secondary N) is 3. The molecule has 2 amide bonds. The molecule has 0 bridgehead atoms. The van der Waals surface area contributed by atoms with E-state index in [1.54, 1.807) is 0 Å². The number of rotatable bonds is 11. The normalized spacial score (nSPS) is 19.3. The lowest BCUT2D eigenvalue weighted by Gasteiger charge is -2.36. The maximum Gasteiger partial charge on any atom is 0.315 e. The van der Waals surface area contributed by atoms with Gasteiger partial charge in [0.25, 0.3) is 0 Å². The number of hydrogen-bond donors (Lipinski definition) is 5. The molecule has 1 aliphatic rings. The quantitative estimate of drug-likeness (QED) is 0.252. The maximum absolute atomic E-state index is 13.0. The largest absolute Gasteiger partial charge is 0.394 e. The van der Waals surface area contributed by atoms with E-state index < -0.39 is 11.6 Å². The van der Waals surface area contributed by atoms with E-state index in [0.29, 0.717) is 5.92 Å². The van der Waals surface area contributed by atoms with Crippen molar-refractivity contribution in [3.8, 4) is 0 Å². The molecule has 6 nitrogen and oxygen atoms in total. The van der Waals surface area contributed by atoms with Gasteiger partial charge in [0, 0.05) is 6.04 Å². The van der Waals surface area contributed by atoms with Crippen molar-refractivity contribution >= 4 is 6.03 Å². The Balaban J connectivity index is 1.25. The minimum Gasteiger partial charge on any atom is -0.394 e. The molecule has 1 aliphatic carbocycles. The summed E-state index contributed by atoms with van der Waals surface area (Å²) in [7, 11) is 0. The third-order valence-electron chi connectivity index (χ3n) is 7.91. The van der Waals surface area contributed by atoms with Gasteiger partial charge in [0.05, 0.1) is 18.7 Å². The van der Waals surface area contributed by atoms with E-state index in [2.05, 4.69) is 16.0 Å². The summed E-state index contributed by atoms with van der Waals surface area (Å²) in [6.45, 7) is 2.79. The van der Waals surface area contributed by atoms with Crippen molar-refractivity contribution in [3.63, 3.8) is 0 Å². The number of hydrogen-bond acceptors (Lipinski definition) is 4. The smallest absolute Gasteiger partial charge is 0.315 e. The molecule has 3 aromatic carbocycles. The van der Waals surface area contributed by atoms with Gasteiger partial charge in [-0.2, -0.15) is 0 Å². The number of carbonyl (C=O) groups is 1. The van der Waals surface area contributed by atoms with E-state index in [1.807, 2.05) is 97.9 Å². The van der Waals surface area contributed by atoms with Gasteiger partial charge >= 0.3 is 6.03 Å². The number of benzene rings is 3. The molecule has 3 aromatic rings. The maximum atomic E-state index is 13.0. The summed E-state index contributed by atoms with van der Waals surface area (Å²) < 4.78 is 0. The van der Waals surface area contributed by atoms with E-state index in [4.69, 9.17) is 0 Å². The Morgan fingerprint density at radius 1 is 0.868 bits per heavy atom. The summed E-state index contributed by atoms with van der Waals surface area (Å²) >= 11 is 0. The highest BCUT2D eigenvalue weighted by molar-refractivity contribution is 5.75. The highest BCUT2D eigenvalue weighted by Gasteiger charge is 2.38. The molecular weight excluding hydrogens is 474 g/mol. The van der Waals surface area contributed by atoms with E-state index >= 15 is 0 Å². The average Bonchev–Trinajstić information content (AvgIpc) is 2.97. The van der Waals surface area contributed by atoms with Crippen LogP contribution in [0.4, 0.5) is 4.79 Å². The summed E-state index contributed by atoms with van der Waals surface area (Å²) in [4.78, 5) is 13.0. The Hall–Kier alpha value is -3.19. The molecule has 0 heterocycles. The molecular formula is C32H41N3O3. The SMILES string of the molecule is C[C@@H](NC(=O)N[C@H]1CC[C@H](CCN[C@@H](CO)c2ccccc2)CC1)C(O)(c1ccccc1)c1ccccc1. The summed E-state index contributed by atoms with van der Waals surface area (Å²) in [6.07, 6.45) is 5.07. The molecule has 0 aromatic heterocycles. The van der Waals surface area contributed by atoms with Gasteiger partial charge in [0.2, 0.25) is 0 Å². The second-order valence-corrected chi connectivity index (χ2v) is 10.4. The van der Waals surface area contributed by atoms with Crippen LogP contribution in [0, 0.1) is 5.92 Å². The predicted molar refractivity (Wildman–Crippen MR) is 152 cm³/mol. The first kappa shape index (κ1) is 27.8. The lowest BCUT2D eigenvalue weighted by molar-refractivity contribution is 0.0470. The van der Waals surface area contributed by atoms with Gasteiger partial charge in [-0.3, -0.25) is 0 Å². The van der Waals surface area contributed by atoms with Crippen molar-refractivity contribution in [2.24, 2.45) is 5.92 Å². The van der Waals surface area contributed by atoms with Crippen LogP contribution < -0.4 is 16.0 Å². The van der Waals surface area contributed by atoms with Crippen molar-refractivity contribution in [2.45, 2.75) is 62.8 Å². The summed E-state index contributed by atoms with van der Waals surface area (Å²) in [6, 6.07) is 28.3. The first-order valence-corrected chi connectivity index (χ1v) is 13.8. The van der Waals surface area contributed by atoms with Crippen molar-refractivity contribution in [3.05, 3.63) is 108 Å². The van der Waals surface area contributed by atoms with Crippen LogP contribution >= 0.6 is 0 Å². The van der Waals surface area contributed by atoms with Gasteiger partial charge in [0.1, 0.15) is 5.60 Å². The molecule has 0 spiro atoms. The number of aliphatic hydroxyl groups excluding tert-OH is 1. The minimum absolute atomic E-state index is 0.0368. The van der Waals surface area contributed by atoms with Gasteiger partial charge in [-0.05, 0) is 68.2 Å². The van der Waals surface area contributed by atoms with Crippen LogP contribution in [-0.4, -0.2) is 41.5 Å². The van der Waals surface area contributed by atoms with Crippen LogP contribution in [0.5, 0.6) is 0 Å². The average molecular weight is 516 g/mol. The van der Waals surface area contributed by atoms with Crippen molar-refractivity contribution in [1.82, 2.24) is 16.0 Å².